The molecule has 0 bridgehead atoms. The number of aromatic hydroxyl groups is 1. The molecule has 11 heteroatoms. The molecule has 0 unspecified atom stereocenters. The molecule has 0 aliphatic rings. The van der Waals surface area contributed by atoms with E-state index in [1.807, 2.05) is 5.43 Å². The highest BCUT2D eigenvalue weighted by Crippen LogP contribution is 2.36. The van der Waals surface area contributed by atoms with Gasteiger partial charge in [0.05, 0.1) is 28.5 Å². The van der Waals surface area contributed by atoms with Crippen LogP contribution in [0.15, 0.2) is 41.5 Å². The van der Waals surface area contributed by atoms with Crippen LogP contribution in [0.2, 0.25) is 5.02 Å². The minimum atomic E-state index is -1.07. The summed E-state index contributed by atoms with van der Waals surface area (Å²) in [5.74, 6) is -2.81. The minimum Gasteiger partial charge on any atom is -0.500 e. The van der Waals surface area contributed by atoms with Gasteiger partial charge in [-0.05, 0) is 25.1 Å². The Bertz CT molecular complexity index is 947. The summed E-state index contributed by atoms with van der Waals surface area (Å²) in [5.41, 5.74) is 1.82. The number of hydrogen-bond acceptors (Lipinski definition) is 7. The third-order valence-corrected chi connectivity index (χ3v) is 3.61. The predicted octanol–water partition coefficient (Wildman–Crippen LogP) is 2.44. The number of nitro groups is 1. The standard InChI is InChI=1S/C17H15ClN4O6/c1-2-28-14-8-10(7-13(15(14)23)22(26)27)9-19-21-17(25)16(24)20-12-6-4-3-5-11(12)18/h3-9,23H,2H2,1H3,(H,20,24)(H,21,25)/b19-9+. The molecule has 0 atom stereocenters. The fourth-order valence-corrected chi connectivity index (χ4v) is 2.23. The van der Waals surface area contributed by atoms with E-state index in [1.165, 1.54) is 12.1 Å². The van der Waals surface area contributed by atoms with Crippen molar-refractivity contribution in [1.29, 1.82) is 0 Å². The summed E-state index contributed by atoms with van der Waals surface area (Å²) in [6.07, 6.45) is 1.07. The average Bonchev–Trinajstić information content (AvgIpc) is 2.65. The molecule has 0 fully saturated rings. The lowest BCUT2D eigenvalue weighted by Gasteiger charge is -2.07. The van der Waals surface area contributed by atoms with Crippen LogP contribution in [0.1, 0.15) is 12.5 Å². The number of hydrazone groups is 1. The highest BCUT2D eigenvalue weighted by atomic mass is 35.5. The summed E-state index contributed by atoms with van der Waals surface area (Å²) in [4.78, 5) is 33.9. The van der Waals surface area contributed by atoms with Gasteiger partial charge in [0, 0.05) is 11.6 Å². The van der Waals surface area contributed by atoms with Crippen LogP contribution in [-0.2, 0) is 9.59 Å². The Morgan fingerprint density at radius 2 is 2.04 bits per heavy atom. The van der Waals surface area contributed by atoms with E-state index >= 15 is 0 Å². The molecule has 2 aromatic carbocycles. The first-order valence-corrected chi connectivity index (χ1v) is 8.24. The lowest BCUT2D eigenvalue weighted by atomic mass is 10.2. The van der Waals surface area contributed by atoms with Gasteiger partial charge >= 0.3 is 17.5 Å². The average molecular weight is 407 g/mol. The van der Waals surface area contributed by atoms with Crippen LogP contribution >= 0.6 is 11.6 Å². The van der Waals surface area contributed by atoms with Gasteiger partial charge in [0.15, 0.2) is 5.75 Å². The number of nitro benzene ring substituents is 1. The van der Waals surface area contributed by atoms with Gasteiger partial charge in [-0.25, -0.2) is 5.43 Å². The van der Waals surface area contributed by atoms with E-state index in [0.29, 0.717) is 0 Å². The number of phenolic OH excluding ortho intramolecular Hbond substituents is 1. The van der Waals surface area contributed by atoms with Crippen LogP contribution in [0, 0.1) is 10.1 Å². The molecular weight excluding hydrogens is 392 g/mol. The molecule has 0 heterocycles. The molecule has 0 aliphatic heterocycles. The molecule has 0 saturated carbocycles. The van der Waals surface area contributed by atoms with E-state index in [1.54, 1.807) is 25.1 Å². The summed E-state index contributed by atoms with van der Waals surface area (Å²) in [6.45, 7) is 1.81. The zero-order valence-corrected chi connectivity index (χ0v) is 15.3. The van der Waals surface area contributed by atoms with Gasteiger partial charge in [0.1, 0.15) is 0 Å². The van der Waals surface area contributed by atoms with E-state index in [2.05, 4.69) is 10.4 Å². The Morgan fingerprint density at radius 1 is 1.32 bits per heavy atom. The number of anilines is 1. The maximum Gasteiger partial charge on any atom is 0.329 e. The number of halogens is 1. The van der Waals surface area contributed by atoms with Crippen molar-refractivity contribution in [3.8, 4) is 11.5 Å². The van der Waals surface area contributed by atoms with Crippen molar-refractivity contribution in [1.82, 2.24) is 5.43 Å². The maximum absolute atomic E-state index is 11.8. The SMILES string of the molecule is CCOc1cc(/C=N/NC(=O)C(=O)Nc2ccccc2Cl)cc([N+](=O)[O-])c1O. The minimum absolute atomic E-state index is 0.110. The molecule has 28 heavy (non-hydrogen) atoms. The molecule has 2 rings (SSSR count). The van der Waals surface area contributed by atoms with Gasteiger partial charge < -0.3 is 15.2 Å². The van der Waals surface area contributed by atoms with Crippen LogP contribution in [0.5, 0.6) is 11.5 Å². The van der Waals surface area contributed by atoms with E-state index in [9.17, 15) is 24.8 Å². The number of para-hydroxylation sites is 1. The van der Waals surface area contributed by atoms with Crippen LogP contribution in [0.4, 0.5) is 11.4 Å². The van der Waals surface area contributed by atoms with Crippen molar-refractivity contribution < 1.29 is 24.4 Å². The van der Waals surface area contributed by atoms with E-state index in [0.717, 1.165) is 12.3 Å². The number of nitrogens with zero attached hydrogens (tertiary/aromatic N) is 2. The second-order valence-corrected chi connectivity index (χ2v) is 5.62. The number of carbonyl (C=O) groups excluding carboxylic acids is 2. The van der Waals surface area contributed by atoms with E-state index < -0.39 is 28.2 Å². The van der Waals surface area contributed by atoms with Gasteiger partial charge in [-0.1, -0.05) is 23.7 Å². The lowest BCUT2D eigenvalue weighted by Crippen LogP contribution is -2.32. The number of ether oxygens (including phenoxy) is 1. The smallest absolute Gasteiger partial charge is 0.329 e. The number of rotatable bonds is 6. The number of phenols is 1. The molecule has 0 saturated heterocycles. The monoisotopic (exact) mass is 406 g/mol. The summed E-state index contributed by atoms with van der Waals surface area (Å²) in [6, 6.07) is 8.69. The van der Waals surface area contributed by atoms with E-state index in [4.69, 9.17) is 16.3 Å². The fraction of sp³-hybridized carbons (Fsp3) is 0.118. The van der Waals surface area contributed by atoms with Gasteiger partial charge in [0.2, 0.25) is 5.75 Å². The number of hydrogen-bond donors (Lipinski definition) is 3. The highest BCUT2D eigenvalue weighted by Gasteiger charge is 2.20. The van der Waals surface area contributed by atoms with Crippen LogP contribution in [0.3, 0.4) is 0 Å². The third kappa shape index (κ3) is 5.17. The summed E-state index contributed by atoms with van der Waals surface area (Å²) < 4.78 is 5.13. The van der Waals surface area contributed by atoms with Crippen LogP contribution in [-0.4, -0.2) is 34.7 Å². The number of benzene rings is 2. The maximum atomic E-state index is 11.8. The molecule has 0 aliphatic carbocycles. The molecule has 2 aromatic rings. The molecule has 0 radical (unpaired) electrons. The fourth-order valence-electron chi connectivity index (χ4n) is 2.05. The zero-order valence-electron chi connectivity index (χ0n) is 14.5. The Morgan fingerprint density at radius 3 is 2.68 bits per heavy atom. The summed E-state index contributed by atoms with van der Waals surface area (Å²) in [5, 5.41) is 27.0. The molecule has 2 amide bonds. The van der Waals surface area contributed by atoms with Gasteiger partial charge in [-0.2, -0.15) is 5.10 Å². The second kappa shape index (κ2) is 9.33. The zero-order chi connectivity index (χ0) is 20.7. The summed E-state index contributed by atoms with van der Waals surface area (Å²) in [7, 11) is 0. The number of amides is 2. The Balaban J connectivity index is 2.09. The predicted molar refractivity (Wildman–Crippen MR) is 102 cm³/mol. The van der Waals surface area contributed by atoms with Crippen molar-refractivity contribution >= 4 is 41.0 Å². The molecule has 3 N–H and O–H groups in total. The van der Waals surface area contributed by atoms with Crippen LogP contribution < -0.4 is 15.5 Å². The largest absolute Gasteiger partial charge is 0.500 e. The first-order chi connectivity index (χ1) is 13.3. The molecule has 146 valence electrons. The van der Waals surface area contributed by atoms with Crippen molar-refractivity contribution in [2.75, 3.05) is 11.9 Å². The topological polar surface area (TPSA) is 143 Å². The van der Waals surface area contributed by atoms with Crippen molar-refractivity contribution in [3.63, 3.8) is 0 Å². The second-order valence-electron chi connectivity index (χ2n) is 5.21. The lowest BCUT2D eigenvalue weighted by molar-refractivity contribution is -0.386. The normalized spacial score (nSPS) is 10.5. The first kappa shape index (κ1) is 20.6. The number of nitrogens with one attached hydrogen (secondary N) is 2. The Labute approximate surface area is 163 Å². The molecule has 0 spiro atoms. The quantitative estimate of drug-likeness (QED) is 0.291. The van der Waals surface area contributed by atoms with Crippen molar-refractivity contribution in [3.05, 3.63) is 57.1 Å². The molecule has 0 aromatic heterocycles. The van der Waals surface area contributed by atoms with Gasteiger partial charge in [-0.3, -0.25) is 19.7 Å². The summed E-state index contributed by atoms with van der Waals surface area (Å²) >= 11 is 5.89. The first-order valence-electron chi connectivity index (χ1n) is 7.86. The van der Waals surface area contributed by atoms with Crippen molar-refractivity contribution in [2.45, 2.75) is 6.92 Å². The Kier molecular flexibility index (Phi) is 6.88. The number of carbonyl (C=O) groups is 2. The molecule has 10 nitrogen and oxygen atoms in total. The highest BCUT2D eigenvalue weighted by molar-refractivity contribution is 6.41. The van der Waals surface area contributed by atoms with Gasteiger partial charge in [-0.15, -0.1) is 0 Å². The van der Waals surface area contributed by atoms with Crippen molar-refractivity contribution in [2.24, 2.45) is 5.10 Å². The Hall–Kier alpha value is -3.66. The van der Waals surface area contributed by atoms with Gasteiger partial charge in [0.25, 0.3) is 0 Å². The third-order valence-electron chi connectivity index (χ3n) is 3.28. The van der Waals surface area contributed by atoms with E-state index in [-0.39, 0.29) is 28.6 Å². The molecular formula is C17H15ClN4O6. The van der Waals surface area contributed by atoms with Crippen LogP contribution in [0.25, 0.3) is 0 Å².